The summed E-state index contributed by atoms with van der Waals surface area (Å²) in [7, 11) is 1.33. The quantitative estimate of drug-likeness (QED) is 0.505. The fraction of sp³-hybridized carbons (Fsp3) is 0.381. The van der Waals surface area contributed by atoms with Crippen molar-refractivity contribution in [3.8, 4) is 16.9 Å². The molecule has 0 aliphatic carbocycles. The molecule has 5 atom stereocenters. The van der Waals surface area contributed by atoms with E-state index in [1.165, 1.54) is 7.11 Å². The van der Waals surface area contributed by atoms with Gasteiger partial charge < -0.3 is 34.6 Å². The lowest BCUT2D eigenvalue weighted by molar-refractivity contribution is -0.277. The molecule has 0 spiro atoms. The maximum absolute atomic E-state index is 11.6. The molecular formula is C21H24O8. The van der Waals surface area contributed by atoms with E-state index in [2.05, 4.69) is 0 Å². The van der Waals surface area contributed by atoms with Crippen molar-refractivity contribution in [3.05, 3.63) is 54.1 Å². The third-order valence-corrected chi connectivity index (χ3v) is 4.79. The van der Waals surface area contributed by atoms with Gasteiger partial charge in [0, 0.05) is 5.56 Å². The lowest BCUT2D eigenvalue weighted by Gasteiger charge is -2.39. The van der Waals surface area contributed by atoms with Crippen molar-refractivity contribution in [3.63, 3.8) is 0 Å². The average Bonchev–Trinajstić information content (AvgIpc) is 2.74. The van der Waals surface area contributed by atoms with Gasteiger partial charge in [0.2, 0.25) is 6.29 Å². The molecule has 29 heavy (non-hydrogen) atoms. The number of hydrogen-bond donors (Lipinski definition) is 4. The number of esters is 1. The van der Waals surface area contributed by atoms with Crippen molar-refractivity contribution in [2.24, 2.45) is 0 Å². The van der Waals surface area contributed by atoms with Gasteiger partial charge in [-0.3, -0.25) is 4.79 Å². The molecule has 1 heterocycles. The second kappa shape index (κ2) is 9.34. The summed E-state index contributed by atoms with van der Waals surface area (Å²) in [4.78, 5) is 11.6. The van der Waals surface area contributed by atoms with Crippen molar-refractivity contribution in [2.45, 2.75) is 37.1 Å². The van der Waals surface area contributed by atoms with Crippen LogP contribution >= 0.6 is 0 Å². The molecule has 2 aromatic carbocycles. The molecule has 2 aromatic rings. The van der Waals surface area contributed by atoms with E-state index < -0.39 is 37.3 Å². The number of benzene rings is 2. The fourth-order valence-electron chi connectivity index (χ4n) is 3.19. The highest BCUT2D eigenvalue weighted by molar-refractivity contribution is 5.75. The summed E-state index contributed by atoms with van der Waals surface area (Å²) in [5.74, 6) is 0.0139. The Balaban J connectivity index is 1.86. The molecule has 4 N–H and O–H groups in total. The molecule has 0 aromatic heterocycles. The largest absolute Gasteiger partial charge is 0.469 e. The van der Waals surface area contributed by atoms with Gasteiger partial charge in [0.15, 0.2) is 0 Å². The van der Waals surface area contributed by atoms with E-state index in [9.17, 15) is 25.2 Å². The summed E-state index contributed by atoms with van der Waals surface area (Å²) in [6.07, 6.45) is -6.72. The number of carbonyl (C=O) groups excluding carboxylic acids is 1. The lowest BCUT2D eigenvalue weighted by atomic mass is 9.99. The summed E-state index contributed by atoms with van der Waals surface area (Å²) in [6.45, 7) is -0.540. The Hall–Kier alpha value is -2.49. The van der Waals surface area contributed by atoms with Crippen LogP contribution in [0.5, 0.6) is 5.75 Å². The van der Waals surface area contributed by atoms with E-state index in [0.29, 0.717) is 11.3 Å². The molecule has 0 unspecified atom stereocenters. The molecule has 1 saturated heterocycles. The summed E-state index contributed by atoms with van der Waals surface area (Å²) >= 11 is 0. The van der Waals surface area contributed by atoms with Crippen LogP contribution in [0.1, 0.15) is 5.56 Å². The summed E-state index contributed by atoms with van der Waals surface area (Å²) in [5, 5.41) is 39.4. The lowest BCUT2D eigenvalue weighted by Crippen LogP contribution is -2.60. The standard InChI is InChI=1S/C21H24O8/c1-27-17(23)10-12-5-4-6-13(9-12)14-7-2-3-8-15(14)28-21-20(26)19(25)18(24)16(11-22)29-21/h2-9,16,18-22,24-26H,10-11H2,1H3/t16-,18-,19-,20+,21+/m1/s1. The van der Waals surface area contributed by atoms with E-state index in [4.69, 9.17) is 14.2 Å². The van der Waals surface area contributed by atoms with Gasteiger partial charge in [-0.25, -0.2) is 0 Å². The van der Waals surface area contributed by atoms with Gasteiger partial charge in [-0.2, -0.15) is 0 Å². The molecule has 0 radical (unpaired) electrons. The first-order valence-corrected chi connectivity index (χ1v) is 9.17. The highest BCUT2D eigenvalue weighted by Crippen LogP contribution is 2.33. The first kappa shape index (κ1) is 21.2. The Kier molecular flexibility index (Phi) is 6.83. The first-order valence-electron chi connectivity index (χ1n) is 9.17. The van der Waals surface area contributed by atoms with Gasteiger partial charge >= 0.3 is 5.97 Å². The Bertz CT molecular complexity index is 837. The highest BCUT2D eigenvalue weighted by Gasteiger charge is 2.44. The molecule has 1 aliphatic heterocycles. The predicted octanol–water partition coefficient (Wildman–Crippen LogP) is 0.248. The number of para-hydroxylation sites is 1. The number of rotatable bonds is 6. The van der Waals surface area contributed by atoms with Crippen LogP contribution in [0, 0.1) is 0 Å². The van der Waals surface area contributed by atoms with E-state index in [1.54, 1.807) is 24.3 Å². The van der Waals surface area contributed by atoms with Gasteiger partial charge in [-0.15, -0.1) is 0 Å². The third kappa shape index (κ3) is 4.75. The van der Waals surface area contributed by atoms with Gasteiger partial charge in [-0.05, 0) is 17.2 Å². The molecular weight excluding hydrogens is 380 g/mol. The van der Waals surface area contributed by atoms with E-state index in [0.717, 1.165) is 11.1 Å². The van der Waals surface area contributed by atoms with Crippen molar-refractivity contribution in [1.82, 2.24) is 0 Å². The van der Waals surface area contributed by atoms with Crippen LogP contribution in [-0.4, -0.2) is 70.8 Å². The zero-order valence-corrected chi connectivity index (χ0v) is 15.8. The first-order chi connectivity index (χ1) is 13.9. The number of carbonyl (C=O) groups is 1. The van der Waals surface area contributed by atoms with Crippen molar-refractivity contribution in [1.29, 1.82) is 0 Å². The fourth-order valence-corrected chi connectivity index (χ4v) is 3.19. The van der Waals surface area contributed by atoms with Gasteiger partial charge in [0.25, 0.3) is 0 Å². The summed E-state index contributed by atoms with van der Waals surface area (Å²) < 4.78 is 15.9. The van der Waals surface area contributed by atoms with Crippen LogP contribution in [0.15, 0.2) is 48.5 Å². The normalized spacial score (nSPS) is 26.7. The van der Waals surface area contributed by atoms with E-state index >= 15 is 0 Å². The predicted molar refractivity (Wildman–Crippen MR) is 102 cm³/mol. The summed E-state index contributed by atoms with van der Waals surface area (Å²) in [5.41, 5.74) is 2.21. The smallest absolute Gasteiger partial charge is 0.309 e. The number of aliphatic hydroxyl groups excluding tert-OH is 4. The van der Waals surface area contributed by atoms with Crippen molar-refractivity contribution < 1.29 is 39.4 Å². The van der Waals surface area contributed by atoms with Crippen LogP contribution in [0.3, 0.4) is 0 Å². The molecule has 156 valence electrons. The Morgan fingerprint density at radius 2 is 1.79 bits per heavy atom. The van der Waals surface area contributed by atoms with Crippen molar-refractivity contribution >= 4 is 5.97 Å². The Morgan fingerprint density at radius 1 is 1.03 bits per heavy atom. The minimum atomic E-state index is -1.53. The molecule has 0 amide bonds. The van der Waals surface area contributed by atoms with Gasteiger partial charge in [-0.1, -0.05) is 42.5 Å². The molecule has 8 heteroatoms. The highest BCUT2D eigenvalue weighted by atomic mass is 16.7. The molecule has 3 rings (SSSR count). The van der Waals surface area contributed by atoms with Crippen LogP contribution in [-0.2, 0) is 20.7 Å². The number of hydrogen-bond acceptors (Lipinski definition) is 8. The number of aliphatic hydroxyl groups is 4. The third-order valence-electron chi connectivity index (χ3n) is 4.79. The zero-order valence-electron chi connectivity index (χ0n) is 15.8. The monoisotopic (exact) mass is 404 g/mol. The SMILES string of the molecule is COC(=O)Cc1cccc(-c2ccccc2O[C@H]2O[C@H](CO)[C@@H](O)[C@@H](O)[C@@H]2O)c1. The topological polar surface area (TPSA) is 126 Å². The maximum Gasteiger partial charge on any atom is 0.309 e. The molecule has 8 nitrogen and oxygen atoms in total. The Labute approximate surface area is 167 Å². The van der Waals surface area contributed by atoms with Crippen LogP contribution in [0.25, 0.3) is 11.1 Å². The minimum Gasteiger partial charge on any atom is -0.469 e. The van der Waals surface area contributed by atoms with Crippen LogP contribution in [0.2, 0.25) is 0 Å². The van der Waals surface area contributed by atoms with E-state index in [1.807, 2.05) is 24.3 Å². The molecule has 0 saturated carbocycles. The molecule has 0 bridgehead atoms. The Morgan fingerprint density at radius 3 is 2.52 bits per heavy atom. The average molecular weight is 404 g/mol. The maximum atomic E-state index is 11.6. The second-order valence-corrected chi connectivity index (χ2v) is 6.76. The second-order valence-electron chi connectivity index (χ2n) is 6.76. The number of ether oxygens (including phenoxy) is 3. The van der Waals surface area contributed by atoms with Crippen molar-refractivity contribution in [2.75, 3.05) is 13.7 Å². The molecule has 1 aliphatic rings. The minimum absolute atomic E-state index is 0.125. The van der Waals surface area contributed by atoms with Crippen LogP contribution in [0.4, 0.5) is 0 Å². The number of methoxy groups -OCH3 is 1. The van der Waals surface area contributed by atoms with E-state index in [-0.39, 0.29) is 12.4 Å². The summed E-state index contributed by atoms with van der Waals surface area (Å²) in [6, 6.07) is 14.3. The van der Waals surface area contributed by atoms with Gasteiger partial charge in [0.05, 0.1) is 20.1 Å². The van der Waals surface area contributed by atoms with Crippen LogP contribution < -0.4 is 4.74 Å². The molecule has 1 fully saturated rings. The zero-order chi connectivity index (χ0) is 21.0. The van der Waals surface area contributed by atoms with Gasteiger partial charge in [0.1, 0.15) is 30.2 Å².